The van der Waals surface area contributed by atoms with E-state index in [0.29, 0.717) is 34.3 Å². The van der Waals surface area contributed by atoms with Crippen molar-refractivity contribution in [1.82, 2.24) is 19.8 Å². The lowest BCUT2D eigenvalue weighted by Gasteiger charge is -2.44. The van der Waals surface area contributed by atoms with Gasteiger partial charge in [-0.1, -0.05) is 6.58 Å². The molecular weight excluding hydrogens is 615 g/mol. The Hall–Kier alpha value is -4.21. The van der Waals surface area contributed by atoms with Crippen LogP contribution in [0.5, 0.6) is 5.75 Å². The Bertz CT molecular complexity index is 1440. The molecule has 3 amide bonds. The van der Waals surface area contributed by atoms with Crippen molar-refractivity contribution in [3.63, 3.8) is 0 Å². The van der Waals surface area contributed by atoms with Crippen molar-refractivity contribution < 1.29 is 36.3 Å². The maximum atomic E-state index is 14.0. The zero-order valence-corrected chi connectivity index (χ0v) is 26.4. The van der Waals surface area contributed by atoms with Crippen LogP contribution in [0.3, 0.4) is 0 Å². The van der Waals surface area contributed by atoms with Crippen molar-refractivity contribution >= 4 is 40.8 Å². The number of rotatable bonds is 11. The first-order valence-electron chi connectivity index (χ1n) is 14.7. The lowest BCUT2D eigenvalue weighted by molar-refractivity contribution is -0.172. The minimum absolute atomic E-state index is 0.0250. The lowest BCUT2D eigenvalue weighted by atomic mass is 9.90. The van der Waals surface area contributed by atoms with E-state index >= 15 is 0 Å². The van der Waals surface area contributed by atoms with E-state index < -0.39 is 55.5 Å². The number of carbonyl (C=O) groups is 2. The molecule has 1 saturated carbocycles. The van der Waals surface area contributed by atoms with Crippen LogP contribution in [-0.4, -0.2) is 97.2 Å². The maximum absolute atomic E-state index is 14.0. The summed E-state index contributed by atoms with van der Waals surface area (Å²) in [6, 6.07) is -0.549. The number of carbonyl (C=O) groups excluding carboxylic acids is 2. The molecule has 4 rings (SSSR count). The van der Waals surface area contributed by atoms with Crippen molar-refractivity contribution in [2.24, 2.45) is 0 Å². The zero-order valence-electron chi connectivity index (χ0n) is 26.4. The van der Waals surface area contributed by atoms with Gasteiger partial charge in [0.1, 0.15) is 17.6 Å². The number of fused-ring (bicyclic) bond motifs is 1. The van der Waals surface area contributed by atoms with Crippen LogP contribution in [-0.2, 0) is 11.3 Å². The number of urea groups is 1. The summed E-state index contributed by atoms with van der Waals surface area (Å²) in [5.74, 6) is -2.99. The van der Waals surface area contributed by atoms with E-state index in [1.165, 1.54) is 13.3 Å². The Labute approximate surface area is 264 Å². The number of alkyl halides is 5. The molecule has 2 heterocycles. The van der Waals surface area contributed by atoms with Gasteiger partial charge in [-0.25, -0.2) is 18.6 Å². The van der Waals surface area contributed by atoms with Crippen LogP contribution in [0.1, 0.15) is 38.2 Å². The second-order valence-corrected chi connectivity index (χ2v) is 11.7. The summed E-state index contributed by atoms with van der Waals surface area (Å²) in [5.41, 5.74) is 1.65. The van der Waals surface area contributed by atoms with Crippen molar-refractivity contribution in [2.75, 3.05) is 61.8 Å². The third-order valence-corrected chi connectivity index (χ3v) is 8.16. The fourth-order valence-electron chi connectivity index (χ4n) is 5.38. The number of hydrogen-bond acceptors (Lipinski definition) is 8. The fourth-order valence-corrected chi connectivity index (χ4v) is 5.38. The Morgan fingerprint density at radius 3 is 2.46 bits per heavy atom. The molecule has 2 aromatic rings. The molecule has 2 aliphatic rings. The van der Waals surface area contributed by atoms with Crippen LogP contribution in [0.4, 0.5) is 55.6 Å². The molecule has 0 saturated heterocycles. The van der Waals surface area contributed by atoms with Crippen molar-refractivity contribution in [1.29, 1.82) is 0 Å². The normalized spacial score (nSPS) is 17.4. The molecule has 1 aromatic heterocycles. The SMILES string of the molecule is C=CC(=O)Nc1cc(Nc2ncc3c(n2)N(C2CCC(F)(F)CC2)C(=O)N([C@@H](C)C(F)(F)F)C3)c(OC)cc1N(C)CCN(C)C. The number of nitrogens with one attached hydrogen (secondary N) is 2. The number of methoxy groups -OCH3 is 1. The summed E-state index contributed by atoms with van der Waals surface area (Å²) < 4.78 is 74.8. The third kappa shape index (κ3) is 7.77. The van der Waals surface area contributed by atoms with Crippen LogP contribution >= 0.6 is 0 Å². The molecular formula is C30H39F5N8O3. The molecule has 2 N–H and O–H groups in total. The van der Waals surface area contributed by atoms with Gasteiger partial charge in [0.2, 0.25) is 17.8 Å². The molecule has 0 bridgehead atoms. The van der Waals surface area contributed by atoms with Crippen molar-refractivity contribution in [2.45, 2.75) is 63.3 Å². The first-order valence-corrected chi connectivity index (χ1v) is 14.7. The molecule has 16 heteroatoms. The van der Waals surface area contributed by atoms with E-state index in [0.717, 1.165) is 24.4 Å². The van der Waals surface area contributed by atoms with Gasteiger partial charge in [0.15, 0.2) is 0 Å². The molecule has 11 nitrogen and oxygen atoms in total. The summed E-state index contributed by atoms with van der Waals surface area (Å²) in [6.07, 6.45) is -3.49. The molecule has 0 unspecified atom stereocenters. The molecule has 1 atom stereocenters. The summed E-state index contributed by atoms with van der Waals surface area (Å²) in [4.78, 5) is 40.4. The van der Waals surface area contributed by atoms with E-state index in [4.69, 9.17) is 4.74 Å². The van der Waals surface area contributed by atoms with Gasteiger partial charge in [-0.05, 0) is 46.0 Å². The zero-order chi connectivity index (χ0) is 34.0. The minimum atomic E-state index is -4.71. The van der Waals surface area contributed by atoms with Crippen LogP contribution in [0.25, 0.3) is 0 Å². The van der Waals surface area contributed by atoms with E-state index in [9.17, 15) is 31.5 Å². The molecule has 1 aromatic carbocycles. The van der Waals surface area contributed by atoms with E-state index in [1.54, 1.807) is 12.1 Å². The van der Waals surface area contributed by atoms with Crippen LogP contribution < -0.4 is 25.2 Å². The predicted molar refractivity (Wildman–Crippen MR) is 165 cm³/mol. The largest absolute Gasteiger partial charge is 0.494 e. The number of aromatic nitrogens is 2. The first-order chi connectivity index (χ1) is 21.5. The maximum Gasteiger partial charge on any atom is 0.408 e. The van der Waals surface area contributed by atoms with E-state index in [1.807, 2.05) is 30.9 Å². The Kier molecular flexibility index (Phi) is 10.3. The van der Waals surface area contributed by atoms with Crippen molar-refractivity contribution in [3.05, 3.63) is 36.5 Å². The van der Waals surface area contributed by atoms with Gasteiger partial charge in [0.05, 0.1) is 30.7 Å². The number of likely N-dealkylation sites (N-methyl/N-ethyl adjacent to an activating group) is 2. The number of hydrogen-bond donors (Lipinski definition) is 2. The summed E-state index contributed by atoms with van der Waals surface area (Å²) in [7, 11) is 7.19. The quantitative estimate of drug-likeness (QED) is 0.238. The monoisotopic (exact) mass is 654 g/mol. The predicted octanol–water partition coefficient (Wildman–Crippen LogP) is 5.62. The van der Waals surface area contributed by atoms with Crippen molar-refractivity contribution in [3.8, 4) is 5.75 Å². The fraction of sp³-hybridized carbons (Fsp3) is 0.533. The van der Waals surface area contributed by atoms with Crippen LogP contribution in [0.2, 0.25) is 0 Å². The Morgan fingerprint density at radius 1 is 1.20 bits per heavy atom. The minimum Gasteiger partial charge on any atom is -0.494 e. The number of benzene rings is 1. The highest BCUT2D eigenvalue weighted by Gasteiger charge is 2.48. The van der Waals surface area contributed by atoms with Crippen LogP contribution in [0, 0.1) is 0 Å². The molecule has 46 heavy (non-hydrogen) atoms. The van der Waals surface area contributed by atoms with Gasteiger partial charge < -0.3 is 30.1 Å². The second kappa shape index (κ2) is 13.6. The molecule has 252 valence electrons. The molecule has 0 spiro atoms. The highest BCUT2D eigenvalue weighted by Crippen LogP contribution is 2.42. The number of ether oxygens (including phenoxy) is 1. The molecule has 0 radical (unpaired) electrons. The number of anilines is 5. The van der Waals surface area contributed by atoms with Gasteiger partial charge in [0, 0.05) is 56.8 Å². The average Bonchev–Trinajstić information content (AvgIpc) is 2.99. The van der Waals surface area contributed by atoms with E-state index in [-0.39, 0.29) is 30.2 Å². The molecule has 1 fully saturated rings. The standard InChI is InChI=1S/C30H39F5N8O3/c1-7-25(44)37-21-14-22(24(46-6)15-23(21)41(5)13-12-40(3)4)38-27-36-16-19-17-42(18(2)30(33,34)35)28(45)43(26(19)39-27)20-8-10-29(31,32)11-9-20/h7,14-16,18,20H,1,8-13,17H2,2-6H3,(H,37,44)(H,36,38,39)/t18-/m0/s1. The Balaban J connectivity index is 1.73. The van der Waals surface area contributed by atoms with Gasteiger partial charge in [-0.3, -0.25) is 9.69 Å². The van der Waals surface area contributed by atoms with Gasteiger partial charge in [-0.2, -0.15) is 18.2 Å². The van der Waals surface area contributed by atoms with Crippen LogP contribution in [0.15, 0.2) is 31.0 Å². The number of nitrogens with zero attached hydrogens (tertiary/aromatic N) is 6. The first kappa shape index (κ1) is 34.7. The van der Waals surface area contributed by atoms with Gasteiger partial charge in [0.25, 0.3) is 0 Å². The molecule has 1 aliphatic carbocycles. The van der Waals surface area contributed by atoms with Gasteiger partial charge >= 0.3 is 12.2 Å². The highest BCUT2D eigenvalue weighted by molar-refractivity contribution is 6.02. The second-order valence-electron chi connectivity index (χ2n) is 11.7. The molecule has 1 aliphatic heterocycles. The topological polar surface area (TPSA) is 106 Å². The summed E-state index contributed by atoms with van der Waals surface area (Å²) in [5, 5.41) is 5.81. The Morgan fingerprint density at radius 2 is 1.87 bits per heavy atom. The average molecular weight is 655 g/mol. The smallest absolute Gasteiger partial charge is 0.408 e. The summed E-state index contributed by atoms with van der Waals surface area (Å²) in [6.45, 7) is 5.32. The van der Waals surface area contributed by atoms with E-state index in [2.05, 4.69) is 27.2 Å². The number of amides is 3. The third-order valence-electron chi connectivity index (χ3n) is 8.16. The lowest BCUT2D eigenvalue weighted by Crippen LogP contribution is -2.58. The van der Waals surface area contributed by atoms with Gasteiger partial charge in [-0.15, -0.1) is 0 Å². The summed E-state index contributed by atoms with van der Waals surface area (Å²) >= 11 is 0. The highest BCUT2D eigenvalue weighted by atomic mass is 19.4. The number of halogens is 5.